The van der Waals surface area contributed by atoms with Gasteiger partial charge in [-0.1, -0.05) is 18.5 Å². The molecular weight excluding hydrogens is 321 g/mol. The van der Waals surface area contributed by atoms with E-state index in [0.717, 1.165) is 6.42 Å². The Labute approximate surface area is 128 Å². The highest BCUT2D eigenvalue weighted by Crippen LogP contribution is 2.29. The summed E-state index contributed by atoms with van der Waals surface area (Å²) in [6.07, 6.45) is 0.950. The van der Waals surface area contributed by atoms with Gasteiger partial charge in [-0.25, -0.2) is 8.42 Å². The monoisotopic (exact) mass is 335 g/mol. The summed E-state index contributed by atoms with van der Waals surface area (Å²) in [4.78, 5) is 14.0. The topological polar surface area (TPSA) is 54.5 Å². The number of rotatable bonds is 2. The Morgan fingerprint density at radius 2 is 2.05 bits per heavy atom. The van der Waals surface area contributed by atoms with Gasteiger partial charge in [-0.2, -0.15) is 0 Å². The average Bonchev–Trinajstić information content (AvgIpc) is 2.76. The lowest BCUT2D eigenvalue weighted by molar-refractivity contribution is 0.0788. The Hall–Kier alpha value is -0.780. The lowest BCUT2D eigenvalue weighted by Gasteiger charge is -2.17. The van der Waals surface area contributed by atoms with Crippen LogP contribution < -0.4 is 0 Å². The van der Waals surface area contributed by atoms with Gasteiger partial charge in [-0.3, -0.25) is 4.79 Å². The van der Waals surface area contributed by atoms with E-state index >= 15 is 0 Å². The molecule has 7 heteroatoms. The van der Waals surface area contributed by atoms with Crippen molar-refractivity contribution >= 4 is 37.2 Å². The van der Waals surface area contributed by atoms with Crippen LogP contribution in [0.4, 0.5) is 0 Å². The van der Waals surface area contributed by atoms with Crippen molar-refractivity contribution < 1.29 is 13.2 Å². The van der Waals surface area contributed by atoms with E-state index in [9.17, 15) is 13.2 Å². The van der Waals surface area contributed by atoms with E-state index in [1.165, 1.54) is 12.1 Å². The zero-order valence-corrected chi connectivity index (χ0v) is 13.5. The van der Waals surface area contributed by atoms with Gasteiger partial charge < -0.3 is 4.90 Å². The van der Waals surface area contributed by atoms with Crippen molar-refractivity contribution in [1.29, 1.82) is 0 Å². The smallest absolute Gasteiger partial charge is 0.261 e. The Bertz CT molecular complexity index is 658. The number of hydrogen-bond acceptors (Lipinski definition) is 3. The number of nitrogens with zero attached hydrogens (tertiary/aromatic N) is 1. The molecule has 1 amide bonds. The fraction of sp³-hybridized carbons (Fsp3) is 0.462. The van der Waals surface area contributed by atoms with Crippen LogP contribution in [-0.2, 0) is 9.05 Å². The zero-order valence-electron chi connectivity index (χ0n) is 11.2. The van der Waals surface area contributed by atoms with Crippen LogP contribution in [0.2, 0.25) is 5.02 Å². The molecule has 0 bridgehead atoms. The normalized spacial score (nSPS) is 19.4. The van der Waals surface area contributed by atoms with Crippen LogP contribution in [0.3, 0.4) is 0 Å². The van der Waals surface area contributed by atoms with E-state index in [1.807, 2.05) is 0 Å². The number of halogens is 2. The van der Waals surface area contributed by atoms with Crippen molar-refractivity contribution in [1.82, 2.24) is 4.90 Å². The zero-order chi connectivity index (χ0) is 15.1. The molecular formula is C13H15Cl2NO3S. The van der Waals surface area contributed by atoms with Gasteiger partial charge in [0.2, 0.25) is 0 Å². The van der Waals surface area contributed by atoms with E-state index in [4.69, 9.17) is 22.3 Å². The summed E-state index contributed by atoms with van der Waals surface area (Å²) in [7, 11) is 1.45. The van der Waals surface area contributed by atoms with Crippen molar-refractivity contribution in [2.45, 2.75) is 25.2 Å². The molecule has 0 aliphatic carbocycles. The Morgan fingerprint density at radius 3 is 2.55 bits per heavy atom. The second kappa shape index (κ2) is 5.54. The maximum absolute atomic E-state index is 12.4. The summed E-state index contributed by atoms with van der Waals surface area (Å²) in [5, 5.41) is 0.224. The van der Waals surface area contributed by atoms with E-state index in [1.54, 1.807) is 11.8 Å². The molecule has 1 aromatic rings. The molecule has 2 rings (SSSR count). The van der Waals surface area contributed by atoms with Crippen molar-refractivity contribution in [3.8, 4) is 0 Å². The summed E-state index contributed by atoms with van der Waals surface area (Å²) < 4.78 is 23.1. The van der Waals surface area contributed by atoms with Gasteiger partial charge in [0.15, 0.2) is 0 Å². The molecule has 1 fully saturated rings. The van der Waals surface area contributed by atoms with Gasteiger partial charge in [-0.05, 0) is 37.0 Å². The SMILES string of the molecule is Cc1c(Cl)cc(C(=O)N2CCC(C)C2)cc1S(=O)(=O)Cl. The number of hydrogen-bond donors (Lipinski definition) is 0. The minimum absolute atomic E-state index is 0.109. The first kappa shape index (κ1) is 15.6. The van der Waals surface area contributed by atoms with Crippen LogP contribution in [0, 0.1) is 12.8 Å². The van der Waals surface area contributed by atoms with Gasteiger partial charge in [0.25, 0.3) is 15.0 Å². The van der Waals surface area contributed by atoms with Gasteiger partial charge >= 0.3 is 0 Å². The largest absolute Gasteiger partial charge is 0.338 e. The minimum Gasteiger partial charge on any atom is -0.338 e. The predicted octanol–water partition coefficient (Wildman–Crippen LogP) is 3.06. The molecule has 4 nitrogen and oxygen atoms in total. The summed E-state index contributed by atoms with van der Waals surface area (Å²) in [6, 6.07) is 2.79. The fourth-order valence-electron chi connectivity index (χ4n) is 2.33. The highest BCUT2D eigenvalue weighted by atomic mass is 35.7. The summed E-state index contributed by atoms with van der Waals surface area (Å²) in [6.45, 7) is 4.98. The lowest BCUT2D eigenvalue weighted by Crippen LogP contribution is -2.28. The summed E-state index contributed by atoms with van der Waals surface area (Å²) in [5.41, 5.74) is 0.613. The summed E-state index contributed by atoms with van der Waals surface area (Å²) >= 11 is 6.01. The van der Waals surface area contributed by atoms with Crippen LogP contribution in [0.15, 0.2) is 17.0 Å². The third-order valence-electron chi connectivity index (χ3n) is 3.52. The Morgan fingerprint density at radius 1 is 1.40 bits per heavy atom. The van der Waals surface area contributed by atoms with E-state index in [-0.39, 0.29) is 21.4 Å². The first-order valence-corrected chi connectivity index (χ1v) is 8.93. The van der Waals surface area contributed by atoms with Crippen molar-refractivity contribution in [2.75, 3.05) is 13.1 Å². The third kappa shape index (κ3) is 3.10. The molecule has 0 N–H and O–H groups in total. The molecule has 0 aromatic heterocycles. The lowest BCUT2D eigenvalue weighted by atomic mass is 10.1. The van der Waals surface area contributed by atoms with Gasteiger partial charge in [0, 0.05) is 34.4 Å². The van der Waals surface area contributed by atoms with E-state index in [2.05, 4.69) is 6.92 Å². The maximum Gasteiger partial charge on any atom is 0.261 e. The highest BCUT2D eigenvalue weighted by molar-refractivity contribution is 8.13. The molecule has 110 valence electrons. The quantitative estimate of drug-likeness (QED) is 0.780. The molecule has 1 aliphatic rings. The molecule has 0 saturated carbocycles. The Balaban J connectivity index is 2.43. The summed E-state index contributed by atoms with van der Waals surface area (Å²) in [5.74, 6) is 0.244. The van der Waals surface area contributed by atoms with Crippen LogP contribution >= 0.6 is 22.3 Å². The van der Waals surface area contributed by atoms with E-state index < -0.39 is 9.05 Å². The van der Waals surface area contributed by atoms with E-state index in [0.29, 0.717) is 24.6 Å². The number of amides is 1. The van der Waals surface area contributed by atoms with Gasteiger partial charge in [0.1, 0.15) is 0 Å². The van der Waals surface area contributed by atoms with Crippen LogP contribution in [0.1, 0.15) is 29.3 Å². The molecule has 1 atom stereocenters. The van der Waals surface area contributed by atoms with Crippen molar-refractivity contribution in [3.05, 3.63) is 28.3 Å². The van der Waals surface area contributed by atoms with Gasteiger partial charge in [-0.15, -0.1) is 0 Å². The predicted molar refractivity (Wildman–Crippen MR) is 78.9 cm³/mol. The molecule has 1 unspecified atom stereocenters. The maximum atomic E-state index is 12.4. The van der Waals surface area contributed by atoms with Crippen LogP contribution in [0.5, 0.6) is 0 Å². The van der Waals surface area contributed by atoms with Gasteiger partial charge in [0.05, 0.1) is 4.90 Å². The molecule has 0 radical (unpaired) electrons. The average molecular weight is 336 g/mol. The highest BCUT2D eigenvalue weighted by Gasteiger charge is 2.26. The second-order valence-electron chi connectivity index (χ2n) is 5.16. The van der Waals surface area contributed by atoms with Crippen molar-refractivity contribution in [3.63, 3.8) is 0 Å². The first-order valence-electron chi connectivity index (χ1n) is 6.24. The molecule has 1 saturated heterocycles. The molecule has 1 heterocycles. The number of likely N-dealkylation sites (tertiary alicyclic amines) is 1. The van der Waals surface area contributed by atoms with Crippen LogP contribution in [0.25, 0.3) is 0 Å². The van der Waals surface area contributed by atoms with Crippen molar-refractivity contribution in [2.24, 2.45) is 5.92 Å². The Kier molecular flexibility index (Phi) is 4.33. The number of carbonyl (C=O) groups excluding carboxylic acids is 1. The molecule has 0 spiro atoms. The standard InChI is InChI=1S/C13H15Cl2NO3S/c1-8-3-4-16(7-8)13(17)10-5-11(14)9(2)12(6-10)20(15,18)19/h5-6,8H,3-4,7H2,1-2H3. The fourth-order valence-corrected chi connectivity index (χ4v) is 3.83. The second-order valence-corrected chi connectivity index (χ2v) is 8.11. The molecule has 20 heavy (non-hydrogen) atoms. The first-order chi connectivity index (χ1) is 9.20. The van der Waals surface area contributed by atoms with Crippen LogP contribution in [-0.4, -0.2) is 32.3 Å². The molecule has 1 aliphatic heterocycles. The molecule has 1 aromatic carbocycles. The number of carbonyl (C=O) groups is 1. The third-order valence-corrected chi connectivity index (χ3v) is 5.36. The minimum atomic E-state index is -3.93. The number of benzene rings is 1.